The van der Waals surface area contributed by atoms with Crippen LogP contribution in [-0.2, 0) is 6.54 Å². The van der Waals surface area contributed by atoms with Gasteiger partial charge in [-0.15, -0.1) is 0 Å². The molecule has 1 aliphatic rings. The summed E-state index contributed by atoms with van der Waals surface area (Å²) in [7, 11) is 0. The van der Waals surface area contributed by atoms with Crippen LogP contribution in [0.1, 0.15) is 57.3 Å². The van der Waals surface area contributed by atoms with E-state index >= 15 is 0 Å². The predicted molar refractivity (Wildman–Crippen MR) is 64.1 cm³/mol. The van der Waals surface area contributed by atoms with Crippen molar-refractivity contribution in [3.63, 3.8) is 0 Å². The van der Waals surface area contributed by atoms with Crippen LogP contribution in [0.15, 0.2) is 6.33 Å². The number of hydrogen-bond donors (Lipinski definition) is 1. The third-order valence-electron chi connectivity index (χ3n) is 3.35. The molecule has 4 nitrogen and oxygen atoms in total. The first kappa shape index (κ1) is 11.6. The Morgan fingerprint density at radius 2 is 2.06 bits per heavy atom. The van der Waals surface area contributed by atoms with Gasteiger partial charge in [-0.3, -0.25) is 0 Å². The second-order valence-corrected chi connectivity index (χ2v) is 4.55. The second-order valence-electron chi connectivity index (χ2n) is 4.55. The maximum absolute atomic E-state index is 4.40. The number of aromatic nitrogens is 3. The van der Waals surface area contributed by atoms with Crippen molar-refractivity contribution < 1.29 is 0 Å². The average molecular weight is 222 g/mol. The van der Waals surface area contributed by atoms with Crippen LogP contribution in [0.4, 0.5) is 0 Å². The van der Waals surface area contributed by atoms with Crippen molar-refractivity contribution in [2.45, 2.75) is 58.0 Å². The molecule has 0 unspecified atom stereocenters. The first-order chi connectivity index (χ1) is 7.92. The van der Waals surface area contributed by atoms with Gasteiger partial charge in [0.15, 0.2) is 0 Å². The van der Waals surface area contributed by atoms with Crippen LogP contribution >= 0.6 is 0 Å². The Labute approximate surface area is 97.5 Å². The van der Waals surface area contributed by atoms with Crippen LogP contribution in [-0.4, -0.2) is 21.3 Å². The van der Waals surface area contributed by atoms with Crippen LogP contribution in [0.5, 0.6) is 0 Å². The molecular formula is C12H22N4. The fourth-order valence-corrected chi connectivity index (χ4v) is 2.44. The molecule has 1 fully saturated rings. The molecule has 16 heavy (non-hydrogen) atoms. The molecule has 0 spiro atoms. The van der Waals surface area contributed by atoms with Crippen LogP contribution in [0.3, 0.4) is 0 Å². The molecule has 0 aromatic carbocycles. The van der Waals surface area contributed by atoms with Gasteiger partial charge < -0.3 is 5.32 Å². The predicted octanol–water partition coefficient (Wildman–Crippen LogP) is 2.28. The molecule has 1 N–H and O–H groups in total. The van der Waals surface area contributed by atoms with Gasteiger partial charge in [0, 0.05) is 0 Å². The molecule has 1 aliphatic carbocycles. The molecule has 4 heteroatoms. The van der Waals surface area contributed by atoms with Gasteiger partial charge in [-0.05, 0) is 19.4 Å². The standard InChI is InChI=1S/C12H22N4/c1-2-13-9-12-14-10-15-16(12)11-7-5-3-4-6-8-11/h10-11,13H,2-9H2,1H3. The van der Waals surface area contributed by atoms with Gasteiger partial charge in [-0.2, -0.15) is 5.10 Å². The second kappa shape index (κ2) is 5.99. The summed E-state index contributed by atoms with van der Waals surface area (Å²) < 4.78 is 2.15. The Bertz CT molecular complexity index is 300. The molecule has 90 valence electrons. The minimum absolute atomic E-state index is 0.582. The zero-order chi connectivity index (χ0) is 11.2. The van der Waals surface area contributed by atoms with E-state index in [0.717, 1.165) is 18.9 Å². The number of hydrogen-bond acceptors (Lipinski definition) is 3. The Kier molecular flexibility index (Phi) is 4.34. The van der Waals surface area contributed by atoms with Crippen molar-refractivity contribution in [3.05, 3.63) is 12.2 Å². The highest BCUT2D eigenvalue weighted by molar-refractivity contribution is 4.88. The lowest BCUT2D eigenvalue weighted by atomic mass is 10.1. The van der Waals surface area contributed by atoms with Crippen LogP contribution in [0, 0.1) is 0 Å². The number of rotatable bonds is 4. The summed E-state index contributed by atoms with van der Waals surface area (Å²) in [5, 5.41) is 7.72. The van der Waals surface area contributed by atoms with E-state index in [-0.39, 0.29) is 0 Å². The van der Waals surface area contributed by atoms with E-state index in [9.17, 15) is 0 Å². The van der Waals surface area contributed by atoms with E-state index < -0.39 is 0 Å². The van der Waals surface area contributed by atoms with Crippen LogP contribution < -0.4 is 5.32 Å². The molecule has 0 saturated heterocycles. The van der Waals surface area contributed by atoms with Crippen molar-refractivity contribution >= 4 is 0 Å². The lowest BCUT2D eigenvalue weighted by Crippen LogP contribution is -2.20. The first-order valence-electron chi connectivity index (χ1n) is 6.51. The summed E-state index contributed by atoms with van der Waals surface area (Å²) in [5.74, 6) is 1.09. The summed E-state index contributed by atoms with van der Waals surface area (Å²) in [4.78, 5) is 4.35. The smallest absolute Gasteiger partial charge is 0.141 e. The monoisotopic (exact) mass is 222 g/mol. The SMILES string of the molecule is CCNCc1ncnn1C1CCCCCC1. The Balaban J connectivity index is 2.03. The highest BCUT2D eigenvalue weighted by atomic mass is 15.4. The van der Waals surface area contributed by atoms with Gasteiger partial charge in [0.05, 0.1) is 12.6 Å². The third-order valence-corrected chi connectivity index (χ3v) is 3.35. The fourth-order valence-electron chi connectivity index (χ4n) is 2.44. The van der Waals surface area contributed by atoms with Crippen molar-refractivity contribution in [3.8, 4) is 0 Å². The fraction of sp³-hybridized carbons (Fsp3) is 0.833. The quantitative estimate of drug-likeness (QED) is 0.795. The minimum Gasteiger partial charge on any atom is -0.310 e. The zero-order valence-corrected chi connectivity index (χ0v) is 10.2. The maximum Gasteiger partial charge on any atom is 0.141 e. The summed E-state index contributed by atoms with van der Waals surface area (Å²) in [6.45, 7) is 3.94. The van der Waals surface area contributed by atoms with E-state index in [1.54, 1.807) is 6.33 Å². The lowest BCUT2D eigenvalue weighted by Gasteiger charge is -2.16. The Hall–Kier alpha value is -0.900. The highest BCUT2D eigenvalue weighted by Gasteiger charge is 2.17. The largest absolute Gasteiger partial charge is 0.310 e. The Morgan fingerprint density at radius 3 is 2.75 bits per heavy atom. The van der Waals surface area contributed by atoms with Gasteiger partial charge in [0.2, 0.25) is 0 Å². The zero-order valence-electron chi connectivity index (χ0n) is 10.2. The molecular weight excluding hydrogens is 200 g/mol. The normalized spacial score (nSPS) is 18.6. The average Bonchev–Trinajstić information content (AvgIpc) is 2.60. The summed E-state index contributed by atoms with van der Waals surface area (Å²) in [6, 6.07) is 0.582. The molecule has 0 bridgehead atoms. The van der Waals surface area contributed by atoms with Gasteiger partial charge in [-0.1, -0.05) is 32.6 Å². The molecule has 0 aliphatic heterocycles. The topological polar surface area (TPSA) is 42.7 Å². The number of nitrogens with zero attached hydrogens (tertiary/aromatic N) is 3. The molecule has 0 amide bonds. The van der Waals surface area contributed by atoms with Crippen molar-refractivity contribution in [2.24, 2.45) is 0 Å². The summed E-state index contributed by atoms with van der Waals surface area (Å²) >= 11 is 0. The molecule has 0 atom stereocenters. The van der Waals surface area contributed by atoms with E-state index in [1.165, 1.54) is 38.5 Å². The minimum atomic E-state index is 0.582. The van der Waals surface area contributed by atoms with Crippen molar-refractivity contribution in [1.29, 1.82) is 0 Å². The van der Waals surface area contributed by atoms with E-state index in [2.05, 4.69) is 27.0 Å². The highest BCUT2D eigenvalue weighted by Crippen LogP contribution is 2.26. The molecule has 2 rings (SSSR count). The molecule has 0 radical (unpaired) electrons. The maximum atomic E-state index is 4.40. The molecule has 1 aromatic heterocycles. The summed E-state index contributed by atoms with van der Waals surface area (Å²) in [6.07, 6.45) is 9.67. The van der Waals surface area contributed by atoms with Crippen LogP contribution in [0.25, 0.3) is 0 Å². The van der Waals surface area contributed by atoms with E-state index in [0.29, 0.717) is 6.04 Å². The Morgan fingerprint density at radius 1 is 1.31 bits per heavy atom. The third kappa shape index (κ3) is 2.82. The van der Waals surface area contributed by atoms with E-state index in [4.69, 9.17) is 0 Å². The van der Waals surface area contributed by atoms with Crippen molar-refractivity contribution in [2.75, 3.05) is 6.54 Å². The lowest BCUT2D eigenvalue weighted by molar-refractivity contribution is 0.387. The van der Waals surface area contributed by atoms with Gasteiger partial charge in [0.25, 0.3) is 0 Å². The molecule has 1 heterocycles. The van der Waals surface area contributed by atoms with Gasteiger partial charge >= 0.3 is 0 Å². The van der Waals surface area contributed by atoms with E-state index in [1.807, 2.05) is 0 Å². The van der Waals surface area contributed by atoms with Crippen LogP contribution in [0.2, 0.25) is 0 Å². The van der Waals surface area contributed by atoms with Gasteiger partial charge in [0.1, 0.15) is 12.2 Å². The molecule has 1 aromatic rings. The van der Waals surface area contributed by atoms with Gasteiger partial charge in [-0.25, -0.2) is 9.67 Å². The number of nitrogens with one attached hydrogen (secondary N) is 1. The van der Waals surface area contributed by atoms with Crippen molar-refractivity contribution in [1.82, 2.24) is 20.1 Å². The molecule has 1 saturated carbocycles. The summed E-state index contributed by atoms with van der Waals surface area (Å²) in [5.41, 5.74) is 0. The first-order valence-corrected chi connectivity index (χ1v) is 6.51.